The predicted octanol–water partition coefficient (Wildman–Crippen LogP) is 0.0563. The summed E-state index contributed by atoms with van der Waals surface area (Å²) in [6.07, 6.45) is 0. The van der Waals surface area contributed by atoms with Crippen LogP contribution in [0.2, 0.25) is 0 Å². The molecule has 0 fully saturated rings. The number of aromatic nitrogens is 2. The van der Waals surface area contributed by atoms with Gasteiger partial charge in [-0.25, -0.2) is 4.68 Å². The van der Waals surface area contributed by atoms with Crippen LogP contribution in [-0.2, 0) is 16.1 Å². The van der Waals surface area contributed by atoms with Crippen LogP contribution in [0.1, 0.15) is 23.0 Å². The maximum atomic E-state index is 12.0. The summed E-state index contributed by atoms with van der Waals surface area (Å²) in [5.41, 5.74) is 1.32. The maximum Gasteiger partial charge on any atom is 0.267 e. The number of nitrogens with zero attached hydrogens (tertiary/aromatic N) is 2. The summed E-state index contributed by atoms with van der Waals surface area (Å²) in [5.74, 6) is -0.856. The molecule has 1 aromatic heterocycles. The van der Waals surface area contributed by atoms with Gasteiger partial charge in [0.25, 0.3) is 11.5 Å². The molecule has 1 heterocycles. The van der Waals surface area contributed by atoms with Crippen LogP contribution in [0, 0.1) is 6.92 Å². The summed E-state index contributed by atoms with van der Waals surface area (Å²) >= 11 is 0. The van der Waals surface area contributed by atoms with Gasteiger partial charge in [0.15, 0.2) is 0 Å². The van der Waals surface area contributed by atoms with E-state index in [0.717, 1.165) is 4.68 Å². The lowest BCUT2D eigenvalue weighted by Crippen LogP contribution is -2.38. The normalized spacial score (nSPS) is 10.1. The van der Waals surface area contributed by atoms with Crippen molar-refractivity contribution < 1.29 is 14.4 Å². The lowest BCUT2D eigenvalue weighted by Gasteiger charge is -2.09. The molecule has 0 atom stereocenters. The summed E-state index contributed by atoms with van der Waals surface area (Å²) in [4.78, 5) is 46.5. The fourth-order valence-electron chi connectivity index (χ4n) is 2.24. The topological polar surface area (TPSA) is 122 Å². The van der Waals surface area contributed by atoms with Gasteiger partial charge in [-0.05, 0) is 37.3 Å². The number of carbonyl (C=O) groups is 3. The summed E-state index contributed by atoms with van der Waals surface area (Å²) in [6.45, 7) is 3.40. The molecule has 3 amide bonds. The molecule has 0 saturated heterocycles. The van der Waals surface area contributed by atoms with Crippen LogP contribution in [0.25, 0.3) is 0 Å². The van der Waals surface area contributed by atoms with Crippen molar-refractivity contribution in [2.75, 3.05) is 18.4 Å². The lowest BCUT2D eigenvalue weighted by molar-refractivity contribution is -0.121. The van der Waals surface area contributed by atoms with Crippen molar-refractivity contribution in [1.82, 2.24) is 20.4 Å². The smallest absolute Gasteiger partial charge is 0.267 e. The Morgan fingerprint density at radius 2 is 1.67 bits per heavy atom. The minimum absolute atomic E-state index is 0.181. The number of rotatable bonds is 7. The molecule has 2 rings (SSSR count). The first-order chi connectivity index (χ1) is 12.8. The molecule has 0 aliphatic carbocycles. The summed E-state index contributed by atoms with van der Waals surface area (Å²) in [6, 6.07) is 9.38. The fourth-order valence-corrected chi connectivity index (χ4v) is 2.24. The predicted molar refractivity (Wildman–Crippen MR) is 99.3 cm³/mol. The Balaban J connectivity index is 1.75. The third kappa shape index (κ3) is 6.38. The molecule has 142 valence electrons. The van der Waals surface area contributed by atoms with Gasteiger partial charge >= 0.3 is 0 Å². The van der Waals surface area contributed by atoms with Crippen molar-refractivity contribution in [3.05, 3.63) is 58.0 Å². The van der Waals surface area contributed by atoms with Gasteiger partial charge in [0.2, 0.25) is 11.8 Å². The van der Waals surface area contributed by atoms with Crippen LogP contribution in [0.3, 0.4) is 0 Å². The molecular weight excluding hydrogens is 350 g/mol. The molecule has 0 aliphatic rings. The Bertz CT molecular complexity index is 889. The van der Waals surface area contributed by atoms with Crippen LogP contribution >= 0.6 is 0 Å². The fraction of sp³-hybridized carbons (Fsp3) is 0.278. The number of nitrogens with one attached hydrogen (secondary N) is 3. The number of hydrogen-bond acceptors (Lipinski definition) is 5. The van der Waals surface area contributed by atoms with Gasteiger partial charge in [0.1, 0.15) is 6.54 Å². The first kappa shape index (κ1) is 19.8. The SMILES string of the molecule is CC(=O)Nc1ccc(C(=O)NCCNC(=O)Cn2nc(C)ccc2=O)cc1. The largest absolute Gasteiger partial charge is 0.353 e. The quantitative estimate of drug-likeness (QED) is 0.594. The van der Waals surface area contributed by atoms with Crippen molar-refractivity contribution in [2.24, 2.45) is 0 Å². The van der Waals surface area contributed by atoms with Crippen LogP contribution in [0.4, 0.5) is 5.69 Å². The Hall–Kier alpha value is -3.49. The molecule has 0 unspecified atom stereocenters. The Morgan fingerprint density at radius 3 is 2.33 bits per heavy atom. The van der Waals surface area contributed by atoms with Gasteiger partial charge < -0.3 is 16.0 Å². The van der Waals surface area contributed by atoms with E-state index in [2.05, 4.69) is 21.0 Å². The second-order valence-electron chi connectivity index (χ2n) is 5.83. The molecule has 9 heteroatoms. The zero-order valence-corrected chi connectivity index (χ0v) is 15.1. The molecule has 0 saturated carbocycles. The van der Waals surface area contributed by atoms with Crippen LogP contribution < -0.4 is 21.5 Å². The van der Waals surface area contributed by atoms with E-state index < -0.39 is 0 Å². The number of aryl methyl sites for hydroxylation is 1. The first-order valence-electron chi connectivity index (χ1n) is 8.32. The van der Waals surface area contributed by atoms with Crippen LogP contribution in [-0.4, -0.2) is 40.6 Å². The van der Waals surface area contributed by atoms with Gasteiger partial charge in [-0.15, -0.1) is 0 Å². The average Bonchev–Trinajstić information content (AvgIpc) is 2.62. The van der Waals surface area contributed by atoms with E-state index in [-0.39, 0.29) is 42.9 Å². The number of amides is 3. The third-order valence-electron chi connectivity index (χ3n) is 3.49. The molecule has 0 spiro atoms. The van der Waals surface area contributed by atoms with Crippen molar-refractivity contribution in [2.45, 2.75) is 20.4 Å². The Morgan fingerprint density at radius 1 is 1.00 bits per heavy atom. The second-order valence-corrected chi connectivity index (χ2v) is 5.83. The van der Waals surface area contributed by atoms with E-state index in [1.807, 2.05) is 0 Å². The summed E-state index contributed by atoms with van der Waals surface area (Å²) in [7, 11) is 0. The lowest BCUT2D eigenvalue weighted by atomic mass is 10.2. The highest BCUT2D eigenvalue weighted by molar-refractivity contribution is 5.95. The van der Waals surface area contributed by atoms with Gasteiger partial charge in [-0.3, -0.25) is 19.2 Å². The van der Waals surface area contributed by atoms with E-state index >= 15 is 0 Å². The highest BCUT2D eigenvalue weighted by Gasteiger charge is 2.07. The minimum atomic E-state index is -0.371. The molecule has 27 heavy (non-hydrogen) atoms. The van der Waals surface area contributed by atoms with Gasteiger partial charge in [0, 0.05) is 37.3 Å². The minimum Gasteiger partial charge on any atom is -0.353 e. The third-order valence-corrected chi connectivity index (χ3v) is 3.49. The molecule has 9 nitrogen and oxygen atoms in total. The molecule has 0 bridgehead atoms. The van der Waals surface area contributed by atoms with Gasteiger partial charge in [-0.2, -0.15) is 5.10 Å². The zero-order valence-electron chi connectivity index (χ0n) is 15.1. The maximum absolute atomic E-state index is 12.0. The highest BCUT2D eigenvalue weighted by Crippen LogP contribution is 2.09. The molecule has 0 aliphatic heterocycles. The van der Waals surface area contributed by atoms with Crippen LogP contribution in [0.5, 0.6) is 0 Å². The van der Waals surface area contributed by atoms with E-state index in [1.165, 1.54) is 13.0 Å². The number of anilines is 1. The summed E-state index contributed by atoms with van der Waals surface area (Å²) < 4.78 is 1.08. The second kappa shape index (κ2) is 9.27. The highest BCUT2D eigenvalue weighted by atomic mass is 16.2. The number of hydrogen-bond donors (Lipinski definition) is 3. The molecule has 0 radical (unpaired) electrons. The first-order valence-corrected chi connectivity index (χ1v) is 8.32. The molecule has 3 N–H and O–H groups in total. The van der Waals surface area contributed by atoms with Crippen molar-refractivity contribution in [1.29, 1.82) is 0 Å². The molecule has 2 aromatic rings. The van der Waals surface area contributed by atoms with E-state index in [1.54, 1.807) is 37.3 Å². The van der Waals surface area contributed by atoms with Crippen molar-refractivity contribution >= 4 is 23.4 Å². The van der Waals surface area contributed by atoms with Crippen LogP contribution in [0.15, 0.2) is 41.2 Å². The monoisotopic (exact) mass is 371 g/mol. The van der Waals surface area contributed by atoms with Crippen molar-refractivity contribution in [3.8, 4) is 0 Å². The average molecular weight is 371 g/mol. The van der Waals surface area contributed by atoms with E-state index in [0.29, 0.717) is 16.9 Å². The number of carbonyl (C=O) groups excluding carboxylic acids is 3. The van der Waals surface area contributed by atoms with Crippen molar-refractivity contribution in [3.63, 3.8) is 0 Å². The zero-order chi connectivity index (χ0) is 19.8. The van der Waals surface area contributed by atoms with Gasteiger partial charge in [0.05, 0.1) is 5.69 Å². The standard InChI is InChI=1S/C18H21N5O4/c1-12-3-8-17(26)23(22-12)11-16(25)19-9-10-20-18(27)14-4-6-15(7-5-14)21-13(2)24/h3-8H,9-11H2,1-2H3,(H,19,25)(H,20,27)(H,21,24). The molecular formula is C18H21N5O4. The Labute approximate surface area is 155 Å². The van der Waals surface area contributed by atoms with Gasteiger partial charge in [-0.1, -0.05) is 0 Å². The van der Waals surface area contributed by atoms with E-state index in [9.17, 15) is 19.2 Å². The molecule has 1 aromatic carbocycles. The Kier molecular flexibility index (Phi) is 6.81. The van der Waals surface area contributed by atoms with E-state index in [4.69, 9.17) is 0 Å². The number of benzene rings is 1. The summed E-state index contributed by atoms with van der Waals surface area (Å²) in [5, 5.41) is 11.9.